The second kappa shape index (κ2) is 7.25. The van der Waals surface area contributed by atoms with Gasteiger partial charge in [0, 0.05) is 11.6 Å². The monoisotopic (exact) mass is 222 g/mol. The van der Waals surface area contributed by atoms with Gasteiger partial charge < -0.3 is 15.8 Å². The number of benzene rings is 1. The van der Waals surface area contributed by atoms with Crippen LogP contribution in [0.2, 0.25) is 0 Å². The molecule has 0 bridgehead atoms. The highest BCUT2D eigenvalue weighted by Crippen LogP contribution is 2.23. The van der Waals surface area contributed by atoms with Crippen molar-refractivity contribution >= 4 is 0 Å². The lowest BCUT2D eigenvalue weighted by Gasteiger charge is -2.17. The molecule has 3 heteroatoms. The van der Waals surface area contributed by atoms with Crippen LogP contribution in [0.15, 0.2) is 24.3 Å². The van der Waals surface area contributed by atoms with Gasteiger partial charge >= 0.3 is 0 Å². The summed E-state index contributed by atoms with van der Waals surface area (Å²) in [7, 11) is 1.71. The molecule has 0 saturated carbocycles. The highest BCUT2D eigenvalue weighted by Gasteiger charge is 2.09. The number of ether oxygens (including phenoxy) is 1. The number of hydrogen-bond donors (Lipinski definition) is 2. The lowest BCUT2D eigenvalue weighted by atomic mass is 10.1. The fourth-order valence-corrected chi connectivity index (χ4v) is 1.72. The van der Waals surface area contributed by atoms with Gasteiger partial charge in [0.05, 0.1) is 7.11 Å². The van der Waals surface area contributed by atoms with Crippen LogP contribution in [0.4, 0.5) is 0 Å². The van der Waals surface area contributed by atoms with E-state index >= 15 is 0 Å². The third kappa shape index (κ3) is 3.83. The first kappa shape index (κ1) is 13.0. The average molecular weight is 222 g/mol. The second-order valence-electron chi connectivity index (χ2n) is 3.91. The molecule has 1 aromatic carbocycles. The Hall–Kier alpha value is -1.06. The van der Waals surface area contributed by atoms with Crippen LogP contribution in [0.25, 0.3) is 0 Å². The number of unbranched alkanes of at least 4 members (excludes halogenated alkanes) is 1. The summed E-state index contributed by atoms with van der Waals surface area (Å²) in [6, 6.07) is 8.43. The van der Waals surface area contributed by atoms with Crippen molar-refractivity contribution in [3.63, 3.8) is 0 Å². The quantitative estimate of drug-likeness (QED) is 0.694. The van der Waals surface area contributed by atoms with E-state index in [2.05, 4.69) is 18.3 Å². The van der Waals surface area contributed by atoms with Gasteiger partial charge in [0.25, 0.3) is 0 Å². The summed E-state index contributed by atoms with van der Waals surface area (Å²) in [4.78, 5) is 0. The zero-order chi connectivity index (χ0) is 11.8. The standard InChI is InChI=1S/C13H22N2O/c1-11(15-10-6-5-9-14)12-7-3-4-8-13(12)16-2/h3-4,7-8,11,15H,5-6,9-10,14H2,1-2H3. The molecule has 3 nitrogen and oxygen atoms in total. The molecule has 0 radical (unpaired) electrons. The molecule has 0 heterocycles. The van der Waals surface area contributed by atoms with Crippen LogP contribution in [-0.4, -0.2) is 20.2 Å². The maximum Gasteiger partial charge on any atom is 0.123 e. The van der Waals surface area contributed by atoms with Crippen molar-refractivity contribution in [3.8, 4) is 5.75 Å². The van der Waals surface area contributed by atoms with Crippen molar-refractivity contribution in [2.24, 2.45) is 5.73 Å². The van der Waals surface area contributed by atoms with E-state index in [1.54, 1.807) is 7.11 Å². The molecule has 0 aliphatic carbocycles. The van der Waals surface area contributed by atoms with E-state index in [9.17, 15) is 0 Å². The topological polar surface area (TPSA) is 47.3 Å². The molecule has 1 atom stereocenters. The minimum absolute atomic E-state index is 0.314. The molecule has 90 valence electrons. The van der Waals surface area contributed by atoms with Crippen molar-refractivity contribution in [1.82, 2.24) is 5.32 Å². The molecule has 0 aliphatic rings. The summed E-state index contributed by atoms with van der Waals surface area (Å²) in [5, 5.41) is 3.47. The van der Waals surface area contributed by atoms with Crippen molar-refractivity contribution in [2.75, 3.05) is 20.2 Å². The van der Waals surface area contributed by atoms with Crippen LogP contribution >= 0.6 is 0 Å². The summed E-state index contributed by atoms with van der Waals surface area (Å²) in [6.45, 7) is 3.92. The first-order valence-corrected chi connectivity index (χ1v) is 5.86. The second-order valence-corrected chi connectivity index (χ2v) is 3.91. The van der Waals surface area contributed by atoms with Gasteiger partial charge in [-0.3, -0.25) is 0 Å². The highest BCUT2D eigenvalue weighted by atomic mass is 16.5. The van der Waals surface area contributed by atoms with E-state index in [-0.39, 0.29) is 0 Å². The molecule has 0 aliphatic heterocycles. The number of rotatable bonds is 7. The van der Waals surface area contributed by atoms with Gasteiger partial charge in [-0.1, -0.05) is 18.2 Å². The van der Waals surface area contributed by atoms with Crippen molar-refractivity contribution in [3.05, 3.63) is 29.8 Å². The Labute approximate surface area is 98.0 Å². The molecule has 1 unspecified atom stereocenters. The molecular weight excluding hydrogens is 200 g/mol. The van der Waals surface area contributed by atoms with Crippen LogP contribution < -0.4 is 15.8 Å². The van der Waals surface area contributed by atoms with Crippen LogP contribution in [0.3, 0.4) is 0 Å². The van der Waals surface area contributed by atoms with Gasteiger partial charge in [0.1, 0.15) is 5.75 Å². The Morgan fingerprint density at radius 3 is 2.75 bits per heavy atom. The zero-order valence-corrected chi connectivity index (χ0v) is 10.2. The molecule has 3 N–H and O–H groups in total. The number of methoxy groups -OCH3 is 1. The third-order valence-corrected chi connectivity index (χ3v) is 2.69. The molecule has 1 rings (SSSR count). The van der Waals surface area contributed by atoms with Crippen molar-refractivity contribution in [1.29, 1.82) is 0 Å². The molecule has 16 heavy (non-hydrogen) atoms. The van der Waals surface area contributed by atoms with Crippen LogP contribution in [-0.2, 0) is 0 Å². The molecule has 0 amide bonds. The molecule has 0 saturated heterocycles. The Bertz CT molecular complexity index is 302. The number of para-hydroxylation sites is 1. The van der Waals surface area contributed by atoms with Gasteiger partial charge in [-0.05, 0) is 38.9 Å². The maximum atomic E-state index is 5.45. The van der Waals surface area contributed by atoms with Gasteiger partial charge in [0.2, 0.25) is 0 Å². The summed E-state index contributed by atoms with van der Waals surface area (Å²) < 4.78 is 5.33. The van der Waals surface area contributed by atoms with E-state index in [0.29, 0.717) is 6.04 Å². The molecular formula is C13H22N2O. The van der Waals surface area contributed by atoms with E-state index in [0.717, 1.165) is 31.7 Å². The summed E-state index contributed by atoms with van der Waals surface area (Å²) >= 11 is 0. The minimum atomic E-state index is 0.314. The van der Waals surface area contributed by atoms with Crippen LogP contribution in [0.5, 0.6) is 5.75 Å². The summed E-state index contributed by atoms with van der Waals surface area (Å²) in [5.41, 5.74) is 6.66. The Balaban J connectivity index is 2.48. The fraction of sp³-hybridized carbons (Fsp3) is 0.538. The first-order valence-electron chi connectivity index (χ1n) is 5.86. The molecule has 0 fully saturated rings. The highest BCUT2D eigenvalue weighted by molar-refractivity contribution is 5.35. The predicted molar refractivity (Wildman–Crippen MR) is 67.7 cm³/mol. The predicted octanol–water partition coefficient (Wildman–Crippen LogP) is 2.08. The van der Waals surface area contributed by atoms with Gasteiger partial charge in [-0.15, -0.1) is 0 Å². The van der Waals surface area contributed by atoms with E-state index in [4.69, 9.17) is 10.5 Å². The smallest absolute Gasteiger partial charge is 0.123 e. The van der Waals surface area contributed by atoms with Crippen molar-refractivity contribution in [2.45, 2.75) is 25.8 Å². The first-order chi connectivity index (χ1) is 7.79. The Morgan fingerprint density at radius 2 is 2.06 bits per heavy atom. The van der Waals surface area contributed by atoms with E-state index in [1.165, 1.54) is 5.56 Å². The minimum Gasteiger partial charge on any atom is -0.496 e. The van der Waals surface area contributed by atoms with Crippen LogP contribution in [0.1, 0.15) is 31.4 Å². The molecule has 0 aromatic heterocycles. The molecule has 0 spiro atoms. The van der Waals surface area contributed by atoms with Gasteiger partial charge in [-0.25, -0.2) is 0 Å². The SMILES string of the molecule is COc1ccccc1C(C)NCCCCN. The number of nitrogens with one attached hydrogen (secondary N) is 1. The molecule has 1 aromatic rings. The summed E-state index contributed by atoms with van der Waals surface area (Å²) in [6.07, 6.45) is 2.20. The zero-order valence-electron chi connectivity index (χ0n) is 10.2. The average Bonchev–Trinajstić information content (AvgIpc) is 2.34. The lowest BCUT2D eigenvalue weighted by Crippen LogP contribution is -2.21. The van der Waals surface area contributed by atoms with E-state index in [1.807, 2.05) is 18.2 Å². The lowest BCUT2D eigenvalue weighted by molar-refractivity contribution is 0.401. The number of nitrogens with two attached hydrogens (primary N) is 1. The number of hydrogen-bond acceptors (Lipinski definition) is 3. The van der Waals surface area contributed by atoms with Gasteiger partial charge in [0.15, 0.2) is 0 Å². The fourth-order valence-electron chi connectivity index (χ4n) is 1.72. The summed E-state index contributed by atoms with van der Waals surface area (Å²) in [5.74, 6) is 0.946. The van der Waals surface area contributed by atoms with Crippen LogP contribution in [0, 0.1) is 0 Å². The largest absolute Gasteiger partial charge is 0.496 e. The van der Waals surface area contributed by atoms with E-state index < -0.39 is 0 Å². The maximum absolute atomic E-state index is 5.45. The van der Waals surface area contributed by atoms with Gasteiger partial charge in [-0.2, -0.15) is 0 Å². The Kier molecular flexibility index (Phi) is 5.90. The normalized spacial score (nSPS) is 12.4. The third-order valence-electron chi connectivity index (χ3n) is 2.69. The Morgan fingerprint density at radius 1 is 1.31 bits per heavy atom. The van der Waals surface area contributed by atoms with Crippen molar-refractivity contribution < 1.29 is 4.74 Å².